The Labute approximate surface area is 175 Å². The molecule has 1 aliphatic rings. The molecule has 6 heteroatoms. The zero-order valence-electron chi connectivity index (χ0n) is 16.9. The van der Waals surface area contributed by atoms with Crippen LogP contribution in [0.5, 0.6) is 0 Å². The minimum Gasteiger partial charge on any atom is -0.326 e. The number of carbonyl (C=O) groups is 2. The largest absolute Gasteiger partial charge is 0.326 e. The van der Waals surface area contributed by atoms with Gasteiger partial charge in [-0.2, -0.15) is 0 Å². The molecule has 4 nitrogen and oxygen atoms in total. The van der Waals surface area contributed by atoms with E-state index in [1.165, 1.54) is 22.7 Å². The van der Waals surface area contributed by atoms with Crippen LogP contribution in [0.1, 0.15) is 55.5 Å². The predicted molar refractivity (Wildman–Crippen MR) is 118 cm³/mol. The van der Waals surface area contributed by atoms with Crippen LogP contribution in [0, 0.1) is 12.7 Å². The molecule has 0 radical (unpaired) electrons. The van der Waals surface area contributed by atoms with Gasteiger partial charge in [-0.25, -0.2) is 4.39 Å². The third-order valence-electron chi connectivity index (χ3n) is 4.94. The molecular formula is C23H27FN2O2S. The van der Waals surface area contributed by atoms with E-state index in [2.05, 4.69) is 12.2 Å². The molecular weight excluding hydrogens is 387 g/mol. The van der Waals surface area contributed by atoms with Crippen molar-refractivity contribution < 1.29 is 14.0 Å². The van der Waals surface area contributed by atoms with E-state index in [-0.39, 0.29) is 17.2 Å². The van der Waals surface area contributed by atoms with Gasteiger partial charge < -0.3 is 5.32 Å². The number of nitrogens with one attached hydrogen (secondary N) is 1. The number of benzene rings is 2. The van der Waals surface area contributed by atoms with Gasteiger partial charge in [0.25, 0.3) is 0 Å². The highest BCUT2D eigenvalue weighted by atomic mass is 32.2. The van der Waals surface area contributed by atoms with Gasteiger partial charge in [0, 0.05) is 12.1 Å². The smallest absolute Gasteiger partial charge is 0.238 e. The molecule has 2 aromatic rings. The average molecular weight is 415 g/mol. The van der Waals surface area contributed by atoms with Gasteiger partial charge in [-0.1, -0.05) is 44.4 Å². The molecule has 1 atom stereocenters. The van der Waals surface area contributed by atoms with Crippen LogP contribution in [0.4, 0.5) is 15.8 Å². The number of hydrogen-bond donors (Lipinski definition) is 1. The first-order valence-corrected chi connectivity index (χ1v) is 11.1. The molecule has 0 saturated carbocycles. The zero-order valence-corrected chi connectivity index (χ0v) is 17.7. The third-order valence-corrected chi connectivity index (χ3v) is 6.15. The number of hydrogen-bond acceptors (Lipinski definition) is 3. The van der Waals surface area contributed by atoms with Gasteiger partial charge in [0.15, 0.2) is 0 Å². The summed E-state index contributed by atoms with van der Waals surface area (Å²) in [5.74, 6) is -0.232. The van der Waals surface area contributed by atoms with E-state index in [4.69, 9.17) is 0 Å². The topological polar surface area (TPSA) is 49.4 Å². The predicted octanol–water partition coefficient (Wildman–Crippen LogP) is 5.82. The Hall–Kier alpha value is -2.34. The summed E-state index contributed by atoms with van der Waals surface area (Å²) in [6, 6.07) is 12.3. The Balaban J connectivity index is 1.76. The van der Waals surface area contributed by atoms with Crippen molar-refractivity contribution in [2.45, 2.75) is 51.3 Å². The summed E-state index contributed by atoms with van der Waals surface area (Å²) >= 11 is 1.47. The summed E-state index contributed by atoms with van der Waals surface area (Å²) in [6.07, 6.45) is 4.72. The molecule has 0 aliphatic carbocycles. The summed E-state index contributed by atoms with van der Waals surface area (Å²) in [7, 11) is 0. The van der Waals surface area contributed by atoms with Crippen molar-refractivity contribution in [1.29, 1.82) is 0 Å². The second-order valence-corrected chi connectivity index (χ2v) is 8.43. The lowest BCUT2D eigenvalue weighted by molar-refractivity contribution is -0.117. The number of rotatable bonds is 8. The average Bonchev–Trinajstić information content (AvgIpc) is 3.08. The van der Waals surface area contributed by atoms with E-state index < -0.39 is 5.82 Å². The molecule has 3 rings (SSSR count). The second-order valence-electron chi connectivity index (χ2n) is 7.37. The minimum absolute atomic E-state index is 0.00464. The van der Waals surface area contributed by atoms with Gasteiger partial charge >= 0.3 is 0 Å². The summed E-state index contributed by atoms with van der Waals surface area (Å²) in [6.45, 7) is 4.02. The molecule has 2 aromatic carbocycles. The maximum Gasteiger partial charge on any atom is 0.238 e. The molecule has 1 N–H and O–H groups in total. The molecule has 0 spiro atoms. The highest BCUT2D eigenvalue weighted by molar-refractivity contribution is 8.00. The summed E-state index contributed by atoms with van der Waals surface area (Å²) in [5.41, 5.74) is 2.77. The van der Waals surface area contributed by atoms with E-state index in [1.54, 1.807) is 12.1 Å². The van der Waals surface area contributed by atoms with Crippen LogP contribution >= 0.6 is 11.8 Å². The number of thioether (sulfide) groups is 1. The SMILES string of the molecule is CCCCCCC(=O)Nc1cccc([C@@H]2SCC(=O)N2c2cc(C)ccc2F)c1. The summed E-state index contributed by atoms with van der Waals surface area (Å²) in [5, 5.41) is 2.62. The number of carbonyl (C=O) groups excluding carboxylic acids is 2. The lowest BCUT2D eigenvalue weighted by Gasteiger charge is -2.25. The Morgan fingerprint density at radius 1 is 1.21 bits per heavy atom. The van der Waals surface area contributed by atoms with Gasteiger partial charge in [-0.05, 0) is 48.7 Å². The standard InChI is InChI=1S/C23H27FN2O2S/c1-3-4-5-6-10-21(27)25-18-9-7-8-17(14-18)23-26(22(28)15-29-23)20-13-16(2)11-12-19(20)24/h7-9,11-14,23H,3-6,10,15H2,1-2H3,(H,25,27)/t23-/m0/s1. The lowest BCUT2D eigenvalue weighted by Crippen LogP contribution is -2.28. The molecule has 29 heavy (non-hydrogen) atoms. The van der Waals surface area contributed by atoms with Crippen molar-refractivity contribution in [2.75, 3.05) is 16.0 Å². The molecule has 0 bridgehead atoms. The monoisotopic (exact) mass is 414 g/mol. The highest BCUT2D eigenvalue weighted by Crippen LogP contribution is 2.43. The van der Waals surface area contributed by atoms with Crippen molar-refractivity contribution in [3.63, 3.8) is 0 Å². The minimum atomic E-state index is -0.409. The Bertz CT molecular complexity index is 887. The number of unbranched alkanes of at least 4 members (excludes halogenated alkanes) is 3. The number of halogens is 1. The fourth-order valence-corrected chi connectivity index (χ4v) is 4.60. The van der Waals surface area contributed by atoms with E-state index in [0.717, 1.165) is 36.8 Å². The maximum absolute atomic E-state index is 14.4. The molecule has 2 amide bonds. The van der Waals surface area contributed by atoms with Crippen molar-refractivity contribution >= 4 is 35.0 Å². The van der Waals surface area contributed by atoms with Crippen LogP contribution in [-0.4, -0.2) is 17.6 Å². The van der Waals surface area contributed by atoms with Crippen LogP contribution in [-0.2, 0) is 9.59 Å². The Morgan fingerprint density at radius 3 is 2.83 bits per heavy atom. The third kappa shape index (κ3) is 5.38. The second kappa shape index (κ2) is 9.92. The van der Waals surface area contributed by atoms with E-state index >= 15 is 0 Å². The lowest BCUT2D eigenvalue weighted by atomic mass is 10.1. The van der Waals surface area contributed by atoms with E-state index in [1.807, 2.05) is 31.2 Å². The van der Waals surface area contributed by atoms with Gasteiger partial charge in [0.2, 0.25) is 11.8 Å². The summed E-state index contributed by atoms with van der Waals surface area (Å²) in [4.78, 5) is 26.2. The highest BCUT2D eigenvalue weighted by Gasteiger charge is 2.35. The fraction of sp³-hybridized carbons (Fsp3) is 0.391. The van der Waals surface area contributed by atoms with Gasteiger partial charge in [-0.3, -0.25) is 14.5 Å². The first-order valence-electron chi connectivity index (χ1n) is 10.1. The zero-order chi connectivity index (χ0) is 20.8. The molecule has 0 unspecified atom stereocenters. The van der Waals surface area contributed by atoms with Gasteiger partial charge in [0.05, 0.1) is 11.4 Å². The number of anilines is 2. The quantitative estimate of drug-likeness (QED) is 0.554. The Kier molecular flexibility index (Phi) is 7.31. The molecule has 1 fully saturated rings. The molecule has 1 aliphatic heterocycles. The Morgan fingerprint density at radius 2 is 2.03 bits per heavy atom. The van der Waals surface area contributed by atoms with Gasteiger partial charge in [-0.15, -0.1) is 11.8 Å². The van der Waals surface area contributed by atoms with Crippen LogP contribution in [0.2, 0.25) is 0 Å². The molecule has 154 valence electrons. The number of amides is 2. The number of aryl methyl sites for hydroxylation is 1. The van der Waals surface area contributed by atoms with Gasteiger partial charge in [0.1, 0.15) is 11.2 Å². The van der Waals surface area contributed by atoms with Crippen molar-refractivity contribution in [2.24, 2.45) is 0 Å². The molecule has 1 heterocycles. The van der Waals surface area contributed by atoms with Crippen LogP contribution < -0.4 is 10.2 Å². The number of nitrogens with zero attached hydrogens (tertiary/aromatic N) is 1. The first kappa shape index (κ1) is 21.4. The summed E-state index contributed by atoms with van der Waals surface area (Å²) < 4.78 is 14.4. The maximum atomic E-state index is 14.4. The van der Waals surface area contributed by atoms with Crippen molar-refractivity contribution in [1.82, 2.24) is 0 Å². The van der Waals surface area contributed by atoms with Crippen LogP contribution in [0.25, 0.3) is 0 Å². The molecule has 1 saturated heterocycles. The van der Waals surface area contributed by atoms with E-state index in [9.17, 15) is 14.0 Å². The molecule has 0 aromatic heterocycles. The first-order chi connectivity index (χ1) is 14.0. The van der Waals surface area contributed by atoms with Crippen LogP contribution in [0.15, 0.2) is 42.5 Å². The van der Waals surface area contributed by atoms with Crippen LogP contribution in [0.3, 0.4) is 0 Å². The van der Waals surface area contributed by atoms with Crippen molar-refractivity contribution in [3.05, 3.63) is 59.4 Å². The normalized spacial score (nSPS) is 16.3. The fourth-order valence-electron chi connectivity index (χ4n) is 3.44. The van der Waals surface area contributed by atoms with E-state index in [0.29, 0.717) is 23.5 Å². The van der Waals surface area contributed by atoms with Crippen molar-refractivity contribution in [3.8, 4) is 0 Å².